The molecule has 0 bridgehead atoms. The van der Waals surface area contributed by atoms with Crippen molar-refractivity contribution >= 4 is 39.5 Å². The number of rotatable bonds is 5. The SMILES string of the molecule is O=C(Nc1ccc(C(=O)N2CC(c3ncc(-c4ccccc4)s3)C2)s1)C1CCCN1. The van der Waals surface area contributed by atoms with E-state index in [4.69, 9.17) is 0 Å². The fourth-order valence-corrected chi connectivity index (χ4v) is 5.69. The van der Waals surface area contributed by atoms with Crippen LogP contribution in [-0.2, 0) is 4.79 Å². The van der Waals surface area contributed by atoms with Gasteiger partial charge in [-0.05, 0) is 37.1 Å². The van der Waals surface area contributed by atoms with Gasteiger partial charge in [-0.1, -0.05) is 30.3 Å². The van der Waals surface area contributed by atoms with Crippen molar-refractivity contribution in [1.29, 1.82) is 0 Å². The molecule has 0 radical (unpaired) electrons. The highest BCUT2D eigenvalue weighted by atomic mass is 32.1. The van der Waals surface area contributed by atoms with E-state index in [-0.39, 0.29) is 17.9 Å². The van der Waals surface area contributed by atoms with Crippen LogP contribution in [0.2, 0.25) is 0 Å². The Morgan fingerprint density at radius 1 is 1.10 bits per heavy atom. The number of thiophene rings is 1. The van der Waals surface area contributed by atoms with Crippen molar-refractivity contribution in [3.05, 3.63) is 58.5 Å². The molecule has 2 N–H and O–H groups in total. The molecule has 2 aromatic heterocycles. The Kier molecular flexibility index (Phi) is 5.37. The summed E-state index contributed by atoms with van der Waals surface area (Å²) < 4.78 is 0. The Labute approximate surface area is 183 Å². The summed E-state index contributed by atoms with van der Waals surface area (Å²) in [5.74, 6) is 0.301. The maximum atomic E-state index is 12.8. The first kappa shape index (κ1) is 19.4. The highest BCUT2D eigenvalue weighted by molar-refractivity contribution is 7.18. The second-order valence-corrected chi connectivity index (χ2v) is 9.78. The van der Waals surface area contributed by atoms with Gasteiger partial charge in [0.1, 0.15) is 0 Å². The van der Waals surface area contributed by atoms with Gasteiger partial charge in [-0.3, -0.25) is 9.59 Å². The lowest BCUT2D eigenvalue weighted by Gasteiger charge is -2.37. The summed E-state index contributed by atoms with van der Waals surface area (Å²) in [5.41, 5.74) is 1.18. The highest BCUT2D eigenvalue weighted by Gasteiger charge is 2.35. The number of likely N-dealkylation sites (tertiary alicyclic amines) is 1. The Hall–Kier alpha value is -2.55. The largest absolute Gasteiger partial charge is 0.336 e. The van der Waals surface area contributed by atoms with Crippen molar-refractivity contribution in [2.24, 2.45) is 0 Å². The van der Waals surface area contributed by atoms with Crippen LogP contribution in [0.4, 0.5) is 5.00 Å². The second kappa shape index (κ2) is 8.29. The standard InChI is InChI=1S/C22H22N4O2S2/c27-20(16-7-4-10-23-16)25-19-9-8-17(29-19)22(28)26-12-15(13-26)21-24-11-18(30-21)14-5-2-1-3-6-14/h1-3,5-6,8-9,11,15-16,23H,4,7,10,12-13H2,(H,25,27). The molecule has 2 fully saturated rings. The molecule has 1 aromatic carbocycles. The molecule has 30 heavy (non-hydrogen) atoms. The molecule has 8 heteroatoms. The average Bonchev–Trinajstić information content (AvgIpc) is 3.49. The van der Waals surface area contributed by atoms with E-state index in [0.717, 1.165) is 34.3 Å². The van der Waals surface area contributed by atoms with Gasteiger partial charge in [0.05, 0.1) is 25.8 Å². The lowest BCUT2D eigenvalue weighted by atomic mass is 10.0. The van der Waals surface area contributed by atoms with Crippen molar-refractivity contribution in [1.82, 2.24) is 15.2 Å². The number of anilines is 1. The number of nitrogens with zero attached hydrogens (tertiary/aromatic N) is 2. The fourth-order valence-electron chi connectivity index (χ4n) is 3.81. The van der Waals surface area contributed by atoms with Gasteiger partial charge in [0.25, 0.3) is 5.91 Å². The van der Waals surface area contributed by atoms with Crippen LogP contribution in [0.15, 0.2) is 48.7 Å². The van der Waals surface area contributed by atoms with Crippen LogP contribution >= 0.6 is 22.7 Å². The van der Waals surface area contributed by atoms with E-state index in [9.17, 15) is 9.59 Å². The van der Waals surface area contributed by atoms with E-state index in [1.807, 2.05) is 35.4 Å². The molecule has 5 rings (SSSR count). The molecular formula is C22H22N4O2S2. The Bertz CT molecular complexity index is 1050. The van der Waals surface area contributed by atoms with E-state index >= 15 is 0 Å². The van der Waals surface area contributed by atoms with Gasteiger partial charge in [-0.2, -0.15) is 0 Å². The van der Waals surface area contributed by atoms with Crippen LogP contribution in [0.3, 0.4) is 0 Å². The summed E-state index contributed by atoms with van der Waals surface area (Å²) in [6.07, 6.45) is 3.81. The molecule has 1 atom stereocenters. The van der Waals surface area contributed by atoms with Gasteiger partial charge in [0.2, 0.25) is 5.91 Å². The number of carbonyl (C=O) groups is 2. The molecule has 2 aliphatic rings. The van der Waals surface area contributed by atoms with Crippen LogP contribution in [-0.4, -0.2) is 47.4 Å². The Morgan fingerprint density at radius 3 is 2.70 bits per heavy atom. The molecule has 0 saturated carbocycles. The first-order valence-electron chi connectivity index (χ1n) is 10.1. The van der Waals surface area contributed by atoms with Crippen LogP contribution in [0.1, 0.15) is 33.4 Å². The number of amides is 2. The maximum Gasteiger partial charge on any atom is 0.264 e. The van der Waals surface area contributed by atoms with E-state index in [2.05, 4.69) is 27.8 Å². The zero-order valence-corrected chi connectivity index (χ0v) is 18.0. The van der Waals surface area contributed by atoms with E-state index in [1.165, 1.54) is 16.9 Å². The summed E-state index contributed by atoms with van der Waals surface area (Å²) >= 11 is 3.04. The third-order valence-corrected chi connectivity index (χ3v) is 7.74. The number of aromatic nitrogens is 1. The van der Waals surface area contributed by atoms with Gasteiger partial charge in [0.15, 0.2) is 0 Å². The van der Waals surface area contributed by atoms with Crippen molar-refractivity contribution in [2.45, 2.75) is 24.8 Å². The first-order valence-corrected chi connectivity index (χ1v) is 11.7. The van der Waals surface area contributed by atoms with Crippen molar-refractivity contribution in [2.75, 3.05) is 25.0 Å². The zero-order chi connectivity index (χ0) is 20.5. The minimum Gasteiger partial charge on any atom is -0.336 e. The molecule has 2 amide bonds. The molecule has 0 aliphatic carbocycles. The molecule has 4 heterocycles. The minimum absolute atomic E-state index is 0.0182. The lowest BCUT2D eigenvalue weighted by Crippen LogP contribution is -2.48. The van der Waals surface area contributed by atoms with Gasteiger partial charge in [-0.25, -0.2) is 4.98 Å². The lowest BCUT2D eigenvalue weighted by molar-refractivity contribution is -0.117. The molecule has 0 spiro atoms. The van der Waals surface area contributed by atoms with Crippen molar-refractivity contribution < 1.29 is 9.59 Å². The summed E-state index contributed by atoms with van der Waals surface area (Å²) in [7, 11) is 0. The number of carbonyl (C=O) groups excluding carboxylic acids is 2. The normalized spacial score (nSPS) is 18.9. The average molecular weight is 439 g/mol. The molecule has 2 saturated heterocycles. The van der Waals surface area contributed by atoms with Gasteiger partial charge < -0.3 is 15.5 Å². The smallest absolute Gasteiger partial charge is 0.264 e. The Balaban J connectivity index is 1.17. The molecule has 154 valence electrons. The van der Waals surface area contributed by atoms with E-state index in [1.54, 1.807) is 17.4 Å². The van der Waals surface area contributed by atoms with Crippen LogP contribution in [0.5, 0.6) is 0 Å². The molecule has 2 aliphatic heterocycles. The number of hydrogen-bond acceptors (Lipinski definition) is 6. The van der Waals surface area contributed by atoms with E-state index < -0.39 is 0 Å². The van der Waals surface area contributed by atoms with Gasteiger partial charge in [0, 0.05) is 25.2 Å². The molecule has 6 nitrogen and oxygen atoms in total. The van der Waals surface area contributed by atoms with E-state index in [0.29, 0.717) is 23.9 Å². The van der Waals surface area contributed by atoms with Crippen LogP contribution in [0.25, 0.3) is 10.4 Å². The third-order valence-electron chi connectivity index (χ3n) is 5.54. The minimum atomic E-state index is -0.124. The van der Waals surface area contributed by atoms with Crippen LogP contribution in [0, 0.1) is 0 Å². The number of hydrogen-bond donors (Lipinski definition) is 2. The summed E-state index contributed by atoms with van der Waals surface area (Å²) in [6.45, 7) is 2.26. The highest BCUT2D eigenvalue weighted by Crippen LogP contribution is 2.35. The topological polar surface area (TPSA) is 74.3 Å². The molecule has 1 unspecified atom stereocenters. The fraction of sp³-hybridized carbons (Fsp3) is 0.318. The third kappa shape index (κ3) is 3.90. The monoisotopic (exact) mass is 438 g/mol. The number of benzene rings is 1. The first-order chi connectivity index (χ1) is 14.7. The summed E-state index contributed by atoms with van der Waals surface area (Å²) in [6, 6.07) is 13.7. The predicted molar refractivity (Wildman–Crippen MR) is 120 cm³/mol. The summed E-state index contributed by atoms with van der Waals surface area (Å²) in [4.78, 5) is 33.3. The molecule has 3 aromatic rings. The number of nitrogens with one attached hydrogen (secondary N) is 2. The van der Waals surface area contributed by atoms with Gasteiger partial charge in [-0.15, -0.1) is 22.7 Å². The van der Waals surface area contributed by atoms with Crippen molar-refractivity contribution in [3.63, 3.8) is 0 Å². The summed E-state index contributed by atoms with van der Waals surface area (Å²) in [5, 5.41) is 7.92. The number of thiazole rings is 1. The van der Waals surface area contributed by atoms with Gasteiger partial charge >= 0.3 is 0 Å². The van der Waals surface area contributed by atoms with Crippen LogP contribution < -0.4 is 10.6 Å². The predicted octanol–water partition coefficient (Wildman–Crippen LogP) is 3.80. The molecular weight excluding hydrogens is 416 g/mol. The van der Waals surface area contributed by atoms with Crippen molar-refractivity contribution in [3.8, 4) is 10.4 Å². The Morgan fingerprint density at radius 2 is 1.93 bits per heavy atom. The maximum absolute atomic E-state index is 12.8. The quantitative estimate of drug-likeness (QED) is 0.635. The second-order valence-electron chi connectivity index (χ2n) is 7.64. The zero-order valence-electron chi connectivity index (χ0n) is 16.3.